The second-order valence-electron chi connectivity index (χ2n) is 4.20. The minimum atomic E-state index is 0.563. The minimum Gasteiger partial charge on any atom is -0.491 e. The fourth-order valence-corrected chi connectivity index (χ4v) is 2.04. The molecule has 2 rings (SSSR count). The lowest BCUT2D eigenvalue weighted by Gasteiger charge is -2.11. The van der Waals surface area contributed by atoms with Crippen LogP contribution in [0.15, 0.2) is 42.5 Å². The van der Waals surface area contributed by atoms with Crippen molar-refractivity contribution >= 4 is 28.9 Å². The van der Waals surface area contributed by atoms with Crippen molar-refractivity contribution in [3.63, 3.8) is 0 Å². The van der Waals surface area contributed by atoms with E-state index in [-0.39, 0.29) is 0 Å². The van der Waals surface area contributed by atoms with Gasteiger partial charge in [-0.2, -0.15) is 0 Å². The molecule has 2 aromatic rings. The molecule has 0 aliphatic heterocycles. The number of rotatable bonds is 5. The molecule has 0 bridgehead atoms. The quantitative estimate of drug-likeness (QED) is 0.801. The Hall–Kier alpha value is -1.38. The molecule has 0 spiro atoms. The number of nitrogens with one attached hydrogen (secondary N) is 1. The van der Waals surface area contributed by atoms with Crippen LogP contribution in [0.1, 0.15) is 5.56 Å². The van der Waals surface area contributed by atoms with Gasteiger partial charge in [0, 0.05) is 22.3 Å². The van der Waals surface area contributed by atoms with E-state index in [0.29, 0.717) is 18.2 Å². The molecule has 0 saturated heterocycles. The number of aryl methyl sites for hydroxylation is 1. The fourth-order valence-electron chi connectivity index (χ4n) is 1.68. The molecule has 0 saturated carbocycles. The van der Waals surface area contributed by atoms with E-state index in [9.17, 15) is 0 Å². The summed E-state index contributed by atoms with van der Waals surface area (Å²) in [7, 11) is 0. The monoisotopic (exact) mass is 295 g/mol. The van der Waals surface area contributed by atoms with E-state index < -0.39 is 0 Å². The predicted molar refractivity (Wildman–Crippen MR) is 81.6 cm³/mol. The number of anilines is 1. The van der Waals surface area contributed by atoms with E-state index in [1.165, 1.54) is 0 Å². The summed E-state index contributed by atoms with van der Waals surface area (Å²) in [5, 5.41) is 4.65. The maximum atomic E-state index is 5.93. The Morgan fingerprint density at radius 3 is 2.63 bits per heavy atom. The SMILES string of the molecule is Cc1ccc(Cl)cc1OCCNc1cccc(Cl)c1. The molecule has 2 aromatic carbocycles. The van der Waals surface area contributed by atoms with E-state index in [4.69, 9.17) is 27.9 Å². The first-order valence-corrected chi connectivity index (χ1v) is 6.79. The van der Waals surface area contributed by atoms with Crippen LogP contribution in [0.25, 0.3) is 0 Å². The van der Waals surface area contributed by atoms with Gasteiger partial charge in [-0.15, -0.1) is 0 Å². The highest BCUT2D eigenvalue weighted by atomic mass is 35.5. The van der Waals surface area contributed by atoms with Crippen LogP contribution in [0, 0.1) is 6.92 Å². The predicted octanol–water partition coefficient (Wildman–Crippen LogP) is 4.79. The zero-order valence-corrected chi connectivity index (χ0v) is 12.1. The highest BCUT2D eigenvalue weighted by molar-refractivity contribution is 6.31. The van der Waals surface area contributed by atoms with Crippen LogP contribution in [0.2, 0.25) is 10.0 Å². The van der Waals surface area contributed by atoms with Gasteiger partial charge in [-0.1, -0.05) is 35.3 Å². The third-order valence-corrected chi connectivity index (χ3v) is 3.13. The van der Waals surface area contributed by atoms with Crippen LogP contribution in [0.3, 0.4) is 0 Å². The maximum absolute atomic E-state index is 5.93. The Kier molecular flexibility index (Phi) is 4.94. The van der Waals surface area contributed by atoms with E-state index in [1.807, 2.05) is 49.4 Å². The van der Waals surface area contributed by atoms with Crippen LogP contribution in [0.5, 0.6) is 5.75 Å². The smallest absolute Gasteiger partial charge is 0.123 e. The van der Waals surface area contributed by atoms with Gasteiger partial charge >= 0.3 is 0 Å². The van der Waals surface area contributed by atoms with Crippen molar-refractivity contribution < 1.29 is 4.74 Å². The molecule has 0 aliphatic carbocycles. The number of hydrogen-bond acceptors (Lipinski definition) is 2. The number of hydrogen-bond donors (Lipinski definition) is 1. The molecule has 0 radical (unpaired) electrons. The number of halogens is 2. The van der Waals surface area contributed by atoms with Gasteiger partial charge in [-0.25, -0.2) is 0 Å². The molecule has 1 N–H and O–H groups in total. The molecule has 0 aliphatic rings. The highest BCUT2D eigenvalue weighted by Gasteiger charge is 2.00. The topological polar surface area (TPSA) is 21.3 Å². The Balaban J connectivity index is 1.82. The van der Waals surface area contributed by atoms with E-state index in [0.717, 1.165) is 22.0 Å². The van der Waals surface area contributed by atoms with Crippen LogP contribution < -0.4 is 10.1 Å². The molecule has 0 aromatic heterocycles. The number of benzene rings is 2. The molecule has 4 heteroatoms. The minimum absolute atomic E-state index is 0.563. The standard InChI is InChI=1S/C15H15Cl2NO/c1-11-5-6-13(17)10-15(11)19-8-7-18-14-4-2-3-12(16)9-14/h2-6,9-10,18H,7-8H2,1H3. The zero-order valence-electron chi connectivity index (χ0n) is 10.6. The van der Waals surface area contributed by atoms with Gasteiger partial charge in [0.15, 0.2) is 0 Å². The first-order chi connectivity index (χ1) is 9.15. The van der Waals surface area contributed by atoms with Crippen molar-refractivity contribution in [1.82, 2.24) is 0 Å². The Labute approximate surface area is 123 Å². The lowest BCUT2D eigenvalue weighted by Crippen LogP contribution is -2.11. The van der Waals surface area contributed by atoms with Crippen molar-refractivity contribution in [2.24, 2.45) is 0 Å². The van der Waals surface area contributed by atoms with Crippen molar-refractivity contribution in [1.29, 1.82) is 0 Å². The molecule has 2 nitrogen and oxygen atoms in total. The summed E-state index contributed by atoms with van der Waals surface area (Å²) in [6.07, 6.45) is 0. The van der Waals surface area contributed by atoms with Crippen LogP contribution in [-0.4, -0.2) is 13.2 Å². The highest BCUT2D eigenvalue weighted by Crippen LogP contribution is 2.22. The first-order valence-electron chi connectivity index (χ1n) is 6.03. The summed E-state index contributed by atoms with van der Waals surface area (Å²) in [5.41, 5.74) is 2.06. The van der Waals surface area contributed by atoms with E-state index in [1.54, 1.807) is 0 Å². The van der Waals surface area contributed by atoms with Gasteiger partial charge in [-0.05, 0) is 42.8 Å². The summed E-state index contributed by atoms with van der Waals surface area (Å²) in [6.45, 7) is 3.26. The lowest BCUT2D eigenvalue weighted by atomic mass is 10.2. The summed E-state index contributed by atoms with van der Waals surface area (Å²) < 4.78 is 5.69. The van der Waals surface area contributed by atoms with Crippen molar-refractivity contribution in [2.75, 3.05) is 18.5 Å². The summed E-state index contributed by atoms with van der Waals surface area (Å²) in [5.74, 6) is 0.820. The van der Waals surface area contributed by atoms with Gasteiger partial charge in [0.1, 0.15) is 12.4 Å². The Morgan fingerprint density at radius 2 is 1.84 bits per heavy atom. The average molecular weight is 296 g/mol. The van der Waals surface area contributed by atoms with Crippen molar-refractivity contribution in [2.45, 2.75) is 6.92 Å². The van der Waals surface area contributed by atoms with Gasteiger partial charge in [0.2, 0.25) is 0 Å². The molecular weight excluding hydrogens is 281 g/mol. The molecule has 0 amide bonds. The Morgan fingerprint density at radius 1 is 1.05 bits per heavy atom. The molecule has 0 heterocycles. The third kappa shape index (κ3) is 4.34. The van der Waals surface area contributed by atoms with Crippen molar-refractivity contribution in [3.05, 3.63) is 58.1 Å². The van der Waals surface area contributed by atoms with Gasteiger partial charge in [-0.3, -0.25) is 0 Å². The molecule has 0 atom stereocenters. The zero-order chi connectivity index (χ0) is 13.7. The molecule has 0 fully saturated rings. The summed E-state index contributed by atoms with van der Waals surface area (Å²) in [6, 6.07) is 13.2. The third-order valence-electron chi connectivity index (χ3n) is 2.66. The van der Waals surface area contributed by atoms with Crippen molar-refractivity contribution in [3.8, 4) is 5.75 Å². The maximum Gasteiger partial charge on any atom is 0.123 e. The second kappa shape index (κ2) is 6.69. The largest absolute Gasteiger partial charge is 0.491 e. The van der Waals surface area contributed by atoms with Gasteiger partial charge in [0.25, 0.3) is 0 Å². The average Bonchev–Trinajstić information content (AvgIpc) is 2.39. The van der Waals surface area contributed by atoms with Gasteiger partial charge < -0.3 is 10.1 Å². The van der Waals surface area contributed by atoms with Crippen LogP contribution in [0.4, 0.5) is 5.69 Å². The van der Waals surface area contributed by atoms with E-state index in [2.05, 4.69) is 5.32 Å². The molecule has 19 heavy (non-hydrogen) atoms. The lowest BCUT2D eigenvalue weighted by molar-refractivity contribution is 0.330. The molecular formula is C15H15Cl2NO. The van der Waals surface area contributed by atoms with Crippen LogP contribution >= 0.6 is 23.2 Å². The molecule has 100 valence electrons. The fraction of sp³-hybridized carbons (Fsp3) is 0.200. The van der Waals surface area contributed by atoms with E-state index >= 15 is 0 Å². The second-order valence-corrected chi connectivity index (χ2v) is 5.07. The first kappa shape index (κ1) is 14.0. The summed E-state index contributed by atoms with van der Waals surface area (Å²) in [4.78, 5) is 0. The Bertz CT molecular complexity index is 558. The molecule has 0 unspecified atom stereocenters. The normalized spacial score (nSPS) is 10.3. The van der Waals surface area contributed by atoms with Gasteiger partial charge in [0.05, 0.1) is 0 Å². The summed E-state index contributed by atoms with van der Waals surface area (Å²) >= 11 is 11.8. The number of ether oxygens (including phenoxy) is 1. The van der Waals surface area contributed by atoms with Crippen LogP contribution in [-0.2, 0) is 0 Å².